The van der Waals surface area contributed by atoms with Gasteiger partial charge < -0.3 is 20.3 Å². The summed E-state index contributed by atoms with van der Waals surface area (Å²) in [4.78, 5) is 42.2. The molecule has 0 saturated carbocycles. The van der Waals surface area contributed by atoms with Crippen LogP contribution in [0.15, 0.2) is 18.3 Å². The lowest BCUT2D eigenvalue weighted by Crippen LogP contribution is -2.50. The van der Waals surface area contributed by atoms with Gasteiger partial charge in [-0.05, 0) is 12.5 Å². The number of nitrogens with one attached hydrogen (secondary N) is 2. The first kappa shape index (κ1) is 18.7. The number of aromatic nitrogens is 1. The van der Waals surface area contributed by atoms with E-state index in [0.29, 0.717) is 0 Å². The Morgan fingerprint density at radius 3 is 2.70 bits per heavy atom. The monoisotopic (exact) mass is 387 g/mol. The summed E-state index contributed by atoms with van der Waals surface area (Å²) < 4.78 is 40.8. The molecule has 146 valence electrons. The van der Waals surface area contributed by atoms with Gasteiger partial charge in [0.1, 0.15) is 5.54 Å². The summed E-state index contributed by atoms with van der Waals surface area (Å²) >= 11 is 0. The predicted octanol–water partition coefficient (Wildman–Crippen LogP) is 1.18. The van der Waals surface area contributed by atoms with Crippen molar-refractivity contribution in [2.45, 2.75) is 18.1 Å². The topological polar surface area (TPSA) is 104 Å². The molecule has 12 heteroatoms. The molecule has 2 aliphatic rings. The van der Waals surface area contributed by atoms with Gasteiger partial charge in [-0.2, -0.15) is 13.2 Å². The average molecular weight is 387 g/mol. The number of anilines is 1. The van der Waals surface area contributed by atoms with Gasteiger partial charge in [-0.3, -0.25) is 9.69 Å². The van der Waals surface area contributed by atoms with Gasteiger partial charge in [0.2, 0.25) is 5.88 Å². The Hall–Kier alpha value is -3.05. The Balaban J connectivity index is 1.57. The second kappa shape index (κ2) is 6.59. The smallest absolute Gasteiger partial charge is 0.422 e. The zero-order valence-electron chi connectivity index (χ0n) is 14.2. The van der Waals surface area contributed by atoms with E-state index in [-0.39, 0.29) is 31.1 Å². The number of nitrogens with zero attached hydrogens (tertiary/aromatic N) is 3. The molecule has 3 rings (SSSR count). The quantitative estimate of drug-likeness (QED) is 0.758. The summed E-state index contributed by atoms with van der Waals surface area (Å²) in [7, 11) is 1.36. The summed E-state index contributed by atoms with van der Waals surface area (Å²) in [5, 5.41) is 5.14. The molecule has 5 amide bonds. The van der Waals surface area contributed by atoms with Gasteiger partial charge in [-0.15, -0.1) is 0 Å². The Morgan fingerprint density at radius 1 is 1.41 bits per heavy atom. The summed E-state index contributed by atoms with van der Waals surface area (Å²) in [5.74, 6) is -0.622. The van der Waals surface area contributed by atoms with Crippen LogP contribution in [-0.4, -0.2) is 71.2 Å². The minimum Gasteiger partial charge on any atom is -0.468 e. The molecule has 1 aromatic heterocycles. The molecule has 0 aliphatic carbocycles. The van der Waals surface area contributed by atoms with Gasteiger partial charge >= 0.3 is 18.2 Å². The van der Waals surface area contributed by atoms with Crippen molar-refractivity contribution in [1.82, 2.24) is 20.1 Å². The number of halogens is 3. The number of hydrogen-bond acceptors (Lipinski definition) is 5. The number of alkyl halides is 3. The molecular weight excluding hydrogens is 371 g/mol. The lowest BCUT2D eigenvalue weighted by molar-refractivity contribution is -0.154. The van der Waals surface area contributed by atoms with E-state index in [9.17, 15) is 27.6 Å². The largest absolute Gasteiger partial charge is 0.468 e. The molecule has 3 heterocycles. The molecule has 27 heavy (non-hydrogen) atoms. The fourth-order valence-electron chi connectivity index (χ4n) is 2.91. The van der Waals surface area contributed by atoms with Gasteiger partial charge in [0, 0.05) is 19.7 Å². The molecule has 1 atom stereocenters. The molecule has 0 radical (unpaired) electrons. The zero-order valence-corrected chi connectivity index (χ0v) is 14.2. The highest BCUT2D eigenvalue weighted by molar-refractivity contribution is 6.07. The average Bonchev–Trinajstić information content (AvgIpc) is 3.12. The van der Waals surface area contributed by atoms with Crippen LogP contribution in [0.4, 0.5) is 28.4 Å². The number of hydrogen-bond donors (Lipinski definition) is 2. The van der Waals surface area contributed by atoms with Gasteiger partial charge in [-0.25, -0.2) is 14.6 Å². The van der Waals surface area contributed by atoms with Crippen LogP contribution in [0, 0.1) is 0 Å². The standard InChI is InChI=1S/C15H16F3N5O4/c1-22-11(24)14(21-13(22)26)4-5-23(7-14)12(25)20-9-2-3-10(19-6-9)27-8-15(16,17)18/h2-3,6H,4-5,7-8H2,1H3,(H,20,25)(H,21,26). The SMILES string of the molecule is CN1C(=O)NC2(CCN(C(=O)Nc3ccc(OCC(F)(F)F)nc3)C2)C1=O. The van der Waals surface area contributed by atoms with Gasteiger partial charge in [0.25, 0.3) is 5.91 Å². The Morgan fingerprint density at radius 2 is 2.15 bits per heavy atom. The molecule has 1 aromatic rings. The summed E-state index contributed by atoms with van der Waals surface area (Å²) in [6.45, 7) is -1.18. The van der Waals surface area contributed by atoms with Crippen LogP contribution in [-0.2, 0) is 4.79 Å². The number of imide groups is 1. The number of urea groups is 2. The van der Waals surface area contributed by atoms with E-state index in [1.54, 1.807) is 0 Å². The number of likely N-dealkylation sites (tertiary alicyclic amines) is 1. The maximum Gasteiger partial charge on any atom is 0.422 e. The number of pyridine rings is 1. The van der Waals surface area contributed by atoms with Crippen LogP contribution in [0.5, 0.6) is 5.88 Å². The molecule has 2 saturated heterocycles. The van der Waals surface area contributed by atoms with Crippen LogP contribution in [0.2, 0.25) is 0 Å². The first-order chi connectivity index (χ1) is 12.6. The van der Waals surface area contributed by atoms with Crippen LogP contribution in [0.25, 0.3) is 0 Å². The molecule has 1 spiro atoms. The van der Waals surface area contributed by atoms with Crippen molar-refractivity contribution in [2.24, 2.45) is 0 Å². The summed E-state index contributed by atoms with van der Waals surface area (Å²) in [6.07, 6.45) is -3.02. The highest BCUT2D eigenvalue weighted by atomic mass is 19.4. The van der Waals surface area contributed by atoms with E-state index in [0.717, 1.165) is 11.1 Å². The van der Waals surface area contributed by atoms with Gasteiger partial charge in [0.05, 0.1) is 18.4 Å². The van der Waals surface area contributed by atoms with Crippen LogP contribution in [0.3, 0.4) is 0 Å². The predicted molar refractivity (Wildman–Crippen MR) is 85.0 cm³/mol. The third kappa shape index (κ3) is 3.88. The minimum atomic E-state index is -4.47. The van der Waals surface area contributed by atoms with Crippen LogP contribution >= 0.6 is 0 Å². The first-order valence-corrected chi connectivity index (χ1v) is 7.91. The number of carbonyl (C=O) groups is 3. The molecule has 0 bridgehead atoms. The van der Waals surface area contributed by atoms with Crippen molar-refractivity contribution in [2.75, 3.05) is 32.1 Å². The second-order valence-corrected chi connectivity index (χ2v) is 6.27. The normalized spacial score (nSPS) is 22.4. The Bertz CT molecular complexity index is 770. The number of rotatable bonds is 3. The van der Waals surface area contributed by atoms with Crippen molar-refractivity contribution in [3.8, 4) is 5.88 Å². The van der Waals surface area contributed by atoms with Crippen molar-refractivity contribution in [3.63, 3.8) is 0 Å². The fourth-order valence-corrected chi connectivity index (χ4v) is 2.91. The molecule has 1 unspecified atom stereocenters. The van der Waals surface area contributed by atoms with E-state index in [1.165, 1.54) is 24.1 Å². The first-order valence-electron chi connectivity index (χ1n) is 7.91. The van der Waals surface area contributed by atoms with Crippen LogP contribution in [0.1, 0.15) is 6.42 Å². The maximum absolute atomic E-state index is 12.3. The molecular formula is C15H16F3N5O4. The van der Waals surface area contributed by atoms with Crippen molar-refractivity contribution in [3.05, 3.63) is 18.3 Å². The summed E-state index contributed by atoms with van der Waals surface area (Å²) in [6, 6.07) is 1.51. The molecule has 2 fully saturated rings. The molecule has 9 nitrogen and oxygen atoms in total. The molecule has 2 aliphatic heterocycles. The lowest BCUT2D eigenvalue weighted by atomic mass is 9.99. The van der Waals surface area contributed by atoms with E-state index in [2.05, 4.69) is 20.4 Å². The third-order valence-corrected chi connectivity index (χ3v) is 4.29. The molecule has 0 aromatic carbocycles. The Labute approximate surface area is 151 Å². The number of ether oxygens (including phenoxy) is 1. The van der Waals surface area contributed by atoms with E-state index >= 15 is 0 Å². The van der Waals surface area contributed by atoms with Crippen molar-refractivity contribution >= 4 is 23.7 Å². The van der Waals surface area contributed by atoms with Crippen molar-refractivity contribution in [1.29, 1.82) is 0 Å². The highest BCUT2D eigenvalue weighted by Crippen LogP contribution is 2.28. The number of carbonyl (C=O) groups excluding carboxylic acids is 3. The Kier molecular flexibility index (Phi) is 4.57. The van der Waals surface area contributed by atoms with Gasteiger partial charge in [-0.1, -0.05) is 0 Å². The lowest BCUT2D eigenvalue weighted by Gasteiger charge is -2.21. The van der Waals surface area contributed by atoms with E-state index in [1.807, 2.05) is 0 Å². The van der Waals surface area contributed by atoms with E-state index in [4.69, 9.17) is 0 Å². The fraction of sp³-hybridized carbons (Fsp3) is 0.467. The zero-order chi connectivity index (χ0) is 19.8. The van der Waals surface area contributed by atoms with Crippen LogP contribution < -0.4 is 15.4 Å². The molecule has 2 N–H and O–H groups in total. The summed E-state index contributed by atoms with van der Waals surface area (Å²) in [5.41, 5.74) is -0.865. The second-order valence-electron chi connectivity index (χ2n) is 6.27. The third-order valence-electron chi connectivity index (χ3n) is 4.29. The maximum atomic E-state index is 12.3. The van der Waals surface area contributed by atoms with E-state index < -0.39 is 36.3 Å². The van der Waals surface area contributed by atoms with Gasteiger partial charge in [0.15, 0.2) is 6.61 Å². The number of amides is 5. The minimum absolute atomic E-state index is 0.0218. The highest BCUT2D eigenvalue weighted by Gasteiger charge is 2.54. The number of likely N-dealkylation sites (N-methyl/N-ethyl adjacent to an activating group) is 1. The van der Waals surface area contributed by atoms with Crippen molar-refractivity contribution < 1.29 is 32.3 Å².